The van der Waals surface area contributed by atoms with Gasteiger partial charge in [0.05, 0.1) is 0 Å². The Morgan fingerprint density at radius 3 is 2.27 bits per heavy atom. The second kappa shape index (κ2) is 17.4. The Balaban J connectivity index is 1.51. The van der Waals surface area contributed by atoms with Crippen LogP contribution in [-0.4, -0.2) is 12.1 Å². The molecule has 9 heteroatoms. The lowest BCUT2D eigenvalue weighted by Gasteiger charge is -2.36. The van der Waals surface area contributed by atoms with E-state index >= 15 is 0 Å². The van der Waals surface area contributed by atoms with E-state index in [0.29, 0.717) is 17.9 Å². The Labute approximate surface area is 348 Å². The third kappa shape index (κ3) is 9.05. The molecule has 0 bridgehead atoms. The Morgan fingerprint density at radius 1 is 0.915 bits per heavy atom. The van der Waals surface area contributed by atoms with E-state index in [2.05, 4.69) is 116 Å². The van der Waals surface area contributed by atoms with Crippen molar-refractivity contribution < 1.29 is 9.47 Å². The molecule has 2 aliphatic heterocycles. The van der Waals surface area contributed by atoms with E-state index in [0.717, 1.165) is 54.7 Å². The highest BCUT2D eigenvalue weighted by molar-refractivity contribution is 5.71. The number of fused-ring (bicyclic) bond motifs is 1. The predicted molar refractivity (Wildman–Crippen MR) is 232 cm³/mol. The van der Waals surface area contributed by atoms with Gasteiger partial charge in [0.25, 0.3) is 0 Å². The number of benzene rings is 3. The van der Waals surface area contributed by atoms with Crippen LogP contribution in [0.5, 0.6) is 5.75 Å². The maximum atomic E-state index is 10.3. The number of hydrogen-bond acceptors (Lipinski definition) is 7. The summed E-state index contributed by atoms with van der Waals surface area (Å²) < 4.78 is 13.1. The molecule has 0 N–H and O–H groups in total. The van der Waals surface area contributed by atoms with Gasteiger partial charge >= 0.3 is 0 Å². The van der Waals surface area contributed by atoms with Crippen LogP contribution in [-0.2, 0) is 23.1 Å². The molecule has 2 heterocycles. The van der Waals surface area contributed by atoms with Crippen molar-refractivity contribution in [2.24, 2.45) is 16.4 Å². The van der Waals surface area contributed by atoms with Crippen LogP contribution < -0.4 is 9.64 Å². The first-order valence-corrected chi connectivity index (χ1v) is 20.1. The number of ether oxygens (including phenoxy) is 2. The Morgan fingerprint density at radius 2 is 1.61 bits per heavy atom. The number of rotatable bonds is 11. The van der Waals surface area contributed by atoms with Crippen LogP contribution in [0.3, 0.4) is 0 Å². The molecule has 0 fully saturated rings. The van der Waals surface area contributed by atoms with Crippen LogP contribution in [0.4, 0.5) is 5.69 Å². The summed E-state index contributed by atoms with van der Waals surface area (Å²) >= 11 is 0. The summed E-state index contributed by atoms with van der Waals surface area (Å²) in [6.07, 6.45) is 11.5. The van der Waals surface area contributed by atoms with Gasteiger partial charge in [-0.3, -0.25) is 0 Å². The summed E-state index contributed by atoms with van der Waals surface area (Å²) in [5.41, 5.74) is 16.0. The van der Waals surface area contributed by atoms with Gasteiger partial charge in [0.15, 0.2) is 11.3 Å². The smallest absolute Gasteiger partial charge is 0.172 e. The number of nitrogens with zero attached hydrogens (tertiary/aromatic N) is 7. The predicted octanol–water partition coefficient (Wildman–Crippen LogP) is 12.3. The first kappa shape index (κ1) is 41.9. The van der Waals surface area contributed by atoms with E-state index in [1.165, 1.54) is 22.5 Å². The highest BCUT2D eigenvalue weighted by atomic mass is 16.5. The minimum atomic E-state index is -0.960. The van der Waals surface area contributed by atoms with E-state index < -0.39 is 5.60 Å². The van der Waals surface area contributed by atoms with Crippen molar-refractivity contribution >= 4 is 5.69 Å². The Bertz CT molecular complexity index is 2450. The molecule has 298 valence electrons. The average molecular weight is 782 g/mol. The van der Waals surface area contributed by atoms with E-state index in [-0.39, 0.29) is 33.7 Å². The molecule has 0 saturated carbocycles. The van der Waals surface area contributed by atoms with Crippen LogP contribution in [0.1, 0.15) is 84.4 Å². The van der Waals surface area contributed by atoms with Crippen molar-refractivity contribution in [2.45, 2.75) is 91.7 Å². The molecule has 3 aliphatic rings. The fourth-order valence-electron chi connectivity index (χ4n) is 8.19. The molecule has 59 heavy (non-hydrogen) atoms. The highest BCUT2D eigenvalue weighted by Gasteiger charge is 2.41. The zero-order chi connectivity index (χ0) is 42.4. The average Bonchev–Trinajstić information content (AvgIpc) is 3.60. The number of hydrogen-bond donors (Lipinski definition) is 0. The summed E-state index contributed by atoms with van der Waals surface area (Å²) in [6, 6.07) is 33.2. The molecule has 0 spiro atoms. The fourth-order valence-corrected chi connectivity index (χ4v) is 8.19. The third-order valence-electron chi connectivity index (χ3n) is 11.6. The van der Waals surface area contributed by atoms with Crippen molar-refractivity contribution in [3.8, 4) is 24.0 Å². The quantitative estimate of drug-likeness (QED) is 0.0623. The van der Waals surface area contributed by atoms with Crippen LogP contribution in [0.15, 0.2) is 153 Å². The van der Waals surface area contributed by atoms with E-state index in [4.69, 9.17) is 15.0 Å². The lowest BCUT2D eigenvalue weighted by atomic mass is 9.70. The first-order valence-electron chi connectivity index (χ1n) is 20.1. The first-order chi connectivity index (χ1) is 28.2. The summed E-state index contributed by atoms with van der Waals surface area (Å²) in [7, 11) is 0. The van der Waals surface area contributed by atoms with Crippen molar-refractivity contribution in [3.63, 3.8) is 0 Å². The third-order valence-corrected chi connectivity index (χ3v) is 11.6. The normalized spacial score (nSPS) is 19.6. The van der Waals surface area contributed by atoms with Crippen molar-refractivity contribution in [1.82, 2.24) is 0 Å². The number of anilines is 1. The van der Waals surface area contributed by atoms with Gasteiger partial charge in [0.2, 0.25) is 0 Å². The lowest BCUT2D eigenvalue weighted by Crippen LogP contribution is -2.27. The van der Waals surface area contributed by atoms with Gasteiger partial charge in [-0.1, -0.05) is 119 Å². The largest absolute Gasteiger partial charge is 0.480 e. The van der Waals surface area contributed by atoms with E-state index in [1.807, 2.05) is 68.5 Å². The SMILES string of the molecule is CC1(C)OC(=C(C#N)C#N)C(C#N)=C1/C=C/C1=C(Oc2ccc(CCCN=[N+]=[N-])cc2)C(=C/C=C2/N(Cc3ccccc3)c3ccccc3C2(C)C)/CC(C(C)(C)C)C1. The molecule has 9 nitrogen and oxygen atoms in total. The maximum Gasteiger partial charge on any atom is 0.172 e. The van der Waals surface area contributed by atoms with Gasteiger partial charge in [-0.25, -0.2) is 0 Å². The second-order valence-electron chi connectivity index (χ2n) is 17.4. The molecule has 6 rings (SSSR count). The Kier molecular flexibility index (Phi) is 12.4. The van der Waals surface area contributed by atoms with Crippen LogP contribution in [0.25, 0.3) is 10.4 Å². The molecular formula is C50H51N7O2. The van der Waals surface area contributed by atoms with Crippen molar-refractivity contribution in [1.29, 1.82) is 15.8 Å². The molecule has 1 atom stereocenters. The number of azide groups is 1. The van der Waals surface area contributed by atoms with Crippen LogP contribution >= 0.6 is 0 Å². The number of allylic oxidation sites excluding steroid dienone is 8. The number of nitriles is 3. The summed E-state index contributed by atoms with van der Waals surface area (Å²) in [6.45, 7) is 16.2. The highest BCUT2D eigenvalue weighted by Crippen LogP contribution is 2.49. The molecule has 1 unspecified atom stereocenters. The molecule has 0 aromatic heterocycles. The minimum Gasteiger partial charge on any atom is -0.480 e. The number of para-hydroxylation sites is 1. The second-order valence-corrected chi connectivity index (χ2v) is 17.4. The van der Waals surface area contributed by atoms with E-state index in [1.54, 1.807) is 0 Å². The van der Waals surface area contributed by atoms with E-state index in [9.17, 15) is 15.8 Å². The fraction of sp³-hybridized carbons (Fsp3) is 0.340. The van der Waals surface area contributed by atoms with Gasteiger partial charge < -0.3 is 14.4 Å². The molecule has 1 aliphatic carbocycles. The maximum absolute atomic E-state index is 10.3. The van der Waals surface area contributed by atoms with Gasteiger partial charge in [-0.05, 0) is 109 Å². The van der Waals surface area contributed by atoms with Gasteiger partial charge in [-0.15, -0.1) is 0 Å². The molecule has 0 radical (unpaired) electrons. The Hall–Kier alpha value is -6.72. The van der Waals surface area contributed by atoms with Gasteiger partial charge in [0, 0.05) is 40.4 Å². The molecule has 0 saturated heterocycles. The molecule has 3 aromatic rings. The summed E-state index contributed by atoms with van der Waals surface area (Å²) in [5.74, 6) is 1.70. The summed E-state index contributed by atoms with van der Waals surface area (Å²) in [4.78, 5) is 5.30. The number of aryl methyl sites for hydroxylation is 1. The van der Waals surface area contributed by atoms with Crippen LogP contribution in [0.2, 0.25) is 0 Å². The van der Waals surface area contributed by atoms with Crippen LogP contribution in [0, 0.1) is 45.3 Å². The zero-order valence-electron chi connectivity index (χ0n) is 35.1. The van der Waals surface area contributed by atoms with Gasteiger partial charge in [0.1, 0.15) is 40.9 Å². The molecular weight excluding hydrogens is 731 g/mol. The van der Waals surface area contributed by atoms with Crippen molar-refractivity contribution in [2.75, 3.05) is 11.4 Å². The topological polar surface area (TPSA) is 142 Å². The molecule has 0 amide bonds. The van der Waals surface area contributed by atoms with Crippen molar-refractivity contribution in [3.05, 3.63) is 175 Å². The summed E-state index contributed by atoms with van der Waals surface area (Å²) in [5, 5.41) is 33.3. The van der Waals surface area contributed by atoms with Gasteiger partial charge in [-0.2, -0.15) is 15.8 Å². The monoisotopic (exact) mass is 781 g/mol. The minimum absolute atomic E-state index is 0.00998. The lowest BCUT2D eigenvalue weighted by molar-refractivity contribution is 0.0954. The zero-order valence-corrected chi connectivity index (χ0v) is 35.1. The standard InChI is InChI=1S/C50H51N7O2/c1-48(2,3)39-28-36(21-25-42-41(32-53)47(38(30-51)31-52)59-50(42,6)7)46(58-40-23-19-34(20-24-40)16-13-27-55-56-54)37(29-39)22-26-45-49(4,5)43-17-11-12-18-44(43)57(45)33-35-14-9-8-10-15-35/h8-12,14-15,17-26,39H,13,16,27-29,33H2,1-7H3/b25-21+,37-22+,45-26+. The molecule has 3 aromatic carbocycles.